The average Bonchev–Trinajstić information content (AvgIpc) is 2.69. The van der Waals surface area contributed by atoms with E-state index in [0.29, 0.717) is 6.10 Å². The van der Waals surface area contributed by atoms with Crippen LogP contribution in [-0.4, -0.2) is 13.2 Å². The molecule has 0 heterocycles. The normalized spacial score (nSPS) is 17.0. The lowest BCUT2D eigenvalue weighted by molar-refractivity contribution is 0.175. The predicted octanol–water partition coefficient (Wildman–Crippen LogP) is 5.45. The summed E-state index contributed by atoms with van der Waals surface area (Å²) >= 11 is 7.07. The van der Waals surface area contributed by atoms with Crippen molar-refractivity contribution < 1.29 is 9.47 Å². The Labute approximate surface area is 132 Å². The van der Waals surface area contributed by atoms with E-state index in [4.69, 9.17) is 9.47 Å². The number of benzene rings is 1. The Bertz CT molecular complexity index is 413. The van der Waals surface area contributed by atoms with Gasteiger partial charge in [-0.1, -0.05) is 28.8 Å². The van der Waals surface area contributed by atoms with Crippen molar-refractivity contribution in [3.63, 3.8) is 0 Å². The Morgan fingerprint density at radius 3 is 2.42 bits per heavy atom. The SMILES string of the molecule is COc1cc(CBr)cc(Br)c1OC1CCCCCC1. The van der Waals surface area contributed by atoms with Gasteiger partial charge in [-0.2, -0.15) is 0 Å². The van der Waals surface area contributed by atoms with Crippen LogP contribution < -0.4 is 9.47 Å². The maximum Gasteiger partial charge on any atom is 0.175 e. The van der Waals surface area contributed by atoms with Gasteiger partial charge in [0.1, 0.15) is 0 Å². The number of hydrogen-bond donors (Lipinski definition) is 0. The lowest BCUT2D eigenvalue weighted by Crippen LogP contribution is -2.16. The molecule has 1 aliphatic carbocycles. The highest BCUT2D eigenvalue weighted by Gasteiger charge is 2.18. The molecule has 0 aliphatic heterocycles. The van der Waals surface area contributed by atoms with E-state index in [1.165, 1.54) is 31.2 Å². The summed E-state index contributed by atoms with van der Waals surface area (Å²) in [6.45, 7) is 0. The van der Waals surface area contributed by atoms with Crippen molar-refractivity contribution in [2.45, 2.75) is 50.0 Å². The summed E-state index contributed by atoms with van der Waals surface area (Å²) in [7, 11) is 1.69. The minimum absolute atomic E-state index is 0.322. The van der Waals surface area contributed by atoms with Gasteiger partial charge in [-0.25, -0.2) is 0 Å². The molecule has 1 aromatic rings. The van der Waals surface area contributed by atoms with Gasteiger partial charge >= 0.3 is 0 Å². The van der Waals surface area contributed by atoms with Crippen molar-refractivity contribution in [3.05, 3.63) is 22.2 Å². The second kappa shape index (κ2) is 7.53. The van der Waals surface area contributed by atoms with Crippen LogP contribution >= 0.6 is 31.9 Å². The van der Waals surface area contributed by atoms with Crippen molar-refractivity contribution in [1.82, 2.24) is 0 Å². The van der Waals surface area contributed by atoms with Crippen molar-refractivity contribution in [3.8, 4) is 11.5 Å². The largest absolute Gasteiger partial charge is 0.493 e. The van der Waals surface area contributed by atoms with E-state index < -0.39 is 0 Å². The molecule has 0 radical (unpaired) electrons. The molecule has 1 aliphatic rings. The first-order valence-corrected chi connectivity index (χ1v) is 8.75. The Balaban J connectivity index is 2.18. The summed E-state index contributed by atoms with van der Waals surface area (Å²) in [5, 5.41) is 0.811. The molecule has 0 spiro atoms. The van der Waals surface area contributed by atoms with Gasteiger partial charge in [0, 0.05) is 5.33 Å². The van der Waals surface area contributed by atoms with E-state index in [2.05, 4.69) is 37.9 Å². The molecule has 1 saturated carbocycles. The molecule has 2 nitrogen and oxygen atoms in total. The van der Waals surface area contributed by atoms with Gasteiger partial charge in [0.25, 0.3) is 0 Å². The summed E-state index contributed by atoms with van der Waals surface area (Å²) in [5.41, 5.74) is 1.18. The monoisotopic (exact) mass is 390 g/mol. The van der Waals surface area contributed by atoms with E-state index >= 15 is 0 Å². The number of methoxy groups -OCH3 is 1. The average molecular weight is 392 g/mol. The molecule has 0 amide bonds. The Hall–Kier alpha value is -0.220. The molecule has 4 heteroatoms. The fourth-order valence-corrected chi connectivity index (χ4v) is 3.40. The third-order valence-electron chi connectivity index (χ3n) is 3.53. The molecular formula is C15H20Br2O2. The highest BCUT2D eigenvalue weighted by Crippen LogP contribution is 2.39. The number of alkyl halides is 1. The Morgan fingerprint density at radius 2 is 1.84 bits per heavy atom. The molecule has 0 bridgehead atoms. The van der Waals surface area contributed by atoms with Gasteiger partial charge in [-0.05, 0) is 59.3 Å². The zero-order valence-electron chi connectivity index (χ0n) is 11.3. The van der Waals surface area contributed by atoms with E-state index in [9.17, 15) is 0 Å². The van der Waals surface area contributed by atoms with Crippen molar-refractivity contribution >= 4 is 31.9 Å². The minimum atomic E-state index is 0.322. The standard InChI is InChI=1S/C15H20Br2O2/c1-18-14-9-11(10-16)8-13(17)15(14)19-12-6-4-2-3-5-7-12/h8-9,12H,2-7,10H2,1H3. The zero-order valence-corrected chi connectivity index (χ0v) is 14.4. The lowest BCUT2D eigenvalue weighted by Gasteiger charge is -2.20. The molecule has 1 fully saturated rings. The van der Waals surface area contributed by atoms with Crippen LogP contribution in [0.4, 0.5) is 0 Å². The van der Waals surface area contributed by atoms with Crippen LogP contribution in [0.15, 0.2) is 16.6 Å². The minimum Gasteiger partial charge on any atom is -0.493 e. The summed E-state index contributed by atoms with van der Waals surface area (Å²) in [6, 6.07) is 4.12. The van der Waals surface area contributed by atoms with Crippen molar-refractivity contribution in [2.24, 2.45) is 0 Å². The van der Waals surface area contributed by atoms with Gasteiger partial charge in [0.15, 0.2) is 11.5 Å². The first kappa shape index (κ1) is 15.2. The predicted molar refractivity (Wildman–Crippen MR) is 85.4 cm³/mol. The molecule has 0 unspecified atom stereocenters. The van der Waals surface area contributed by atoms with Crippen LogP contribution in [0.25, 0.3) is 0 Å². The fraction of sp³-hybridized carbons (Fsp3) is 0.600. The van der Waals surface area contributed by atoms with Gasteiger partial charge in [-0.15, -0.1) is 0 Å². The molecule has 0 aromatic heterocycles. The molecule has 19 heavy (non-hydrogen) atoms. The molecule has 1 aromatic carbocycles. The van der Waals surface area contributed by atoms with Crippen molar-refractivity contribution in [2.75, 3.05) is 7.11 Å². The Kier molecular flexibility index (Phi) is 6.02. The van der Waals surface area contributed by atoms with Crippen LogP contribution in [0.3, 0.4) is 0 Å². The maximum atomic E-state index is 6.20. The van der Waals surface area contributed by atoms with Gasteiger partial charge < -0.3 is 9.47 Å². The first-order valence-electron chi connectivity index (χ1n) is 6.83. The van der Waals surface area contributed by atoms with E-state index in [1.807, 2.05) is 6.07 Å². The topological polar surface area (TPSA) is 18.5 Å². The molecule has 2 rings (SSSR count). The quantitative estimate of drug-likeness (QED) is 0.501. The highest BCUT2D eigenvalue weighted by atomic mass is 79.9. The molecular weight excluding hydrogens is 372 g/mol. The van der Waals surface area contributed by atoms with E-state index in [0.717, 1.165) is 34.1 Å². The van der Waals surface area contributed by atoms with Crippen LogP contribution in [0.1, 0.15) is 44.1 Å². The number of hydrogen-bond acceptors (Lipinski definition) is 2. The lowest BCUT2D eigenvalue weighted by atomic mass is 10.1. The van der Waals surface area contributed by atoms with Crippen LogP contribution in [0.5, 0.6) is 11.5 Å². The van der Waals surface area contributed by atoms with Crippen molar-refractivity contribution in [1.29, 1.82) is 0 Å². The fourth-order valence-electron chi connectivity index (χ4n) is 2.49. The summed E-state index contributed by atoms with van der Waals surface area (Å²) in [4.78, 5) is 0. The zero-order chi connectivity index (χ0) is 13.7. The van der Waals surface area contributed by atoms with Gasteiger partial charge in [0.05, 0.1) is 17.7 Å². The van der Waals surface area contributed by atoms with Gasteiger partial charge in [0.2, 0.25) is 0 Å². The van der Waals surface area contributed by atoms with Crippen LogP contribution in [0, 0.1) is 0 Å². The summed E-state index contributed by atoms with van der Waals surface area (Å²) in [6.07, 6.45) is 7.82. The second-order valence-corrected chi connectivity index (χ2v) is 6.39. The maximum absolute atomic E-state index is 6.20. The summed E-state index contributed by atoms with van der Waals surface area (Å²) in [5.74, 6) is 1.66. The third-order valence-corrected chi connectivity index (χ3v) is 4.77. The second-order valence-electron chi connectivity index (χ2n) is 4.97. The number of rotatable bonds is 4. The molecule has 0 N–H and O–H groups in total. The van der Waals surface area contributed by atoms with E-state index in [-0.39, 0.29) is 0 Å². The third kappa shape index (κ3) is 4.12. The molecule has 0 atom stereocenters. The van der Waals surface area contributed by atoms with E-state index in [1.54, 1.807) is 7.11 Å². The number of halogens is 2. The first-order chi connectivity index (χ1) is 9.24. The highest BCUT2D eigenvalue weighted by molar-refractivity contribution is 9.10. The smallest absolute Gasteiger partial charge is 0.175 e. The molecule has 0 saturated heterocycles. The van der Waals surface area contributed by atoms with Crippen LogP contribution in [0.2, 0.25) is 0 Å². The van der Waals surface area contributed by atoms with Crippen LogP contribution in [-0.2, 0) is 5.33 Å². The van der Waals surface area contributed by atoms with Gasteiger partial charge in [-0.3, -0.25) is 0 Å². The summed E-state index contributed by atoms with van der Waals surface area (Å²) < 4.78 is 12.6. The number of ether oxygens (including phenoxy) is 2. The molecule has 106 valence electrons. The Morgan fingerprint density at radius 1 is 1.16 bits per heavy atom.